The maximum Gasteiger partial charge on any atom is 0.0590 e. The van der Waals surface area contributed by atoms with Crippen LogP contribution < -0.4 is 5.73 Å². The zero-order chi connectivity index (χ0) is 12.6. The fourth-order valence-corrected chi connectivity index (χ4v) is 4.24. The van der Waals surface area contributed by atoms with Gasteiger partial charge in [-0.05, 0) is 38.6 Å². The highest BCUT2D eigenvalue weighted by molar-refractivity contribution is 5.12. The Kier molecular flexibility index (Phi) is 3.63. The summed E-state index contributed by atoms with van der Waals surface area (Å²) in [6, 6.07) is 1.49. The van der Waals surface area contributed by atoms with E-state index in [1.54, 1.807) is 7.11 Å². The minimum atomic E-state index is 0.246. The second-order valence-electron chi connectivity index (χ2n) is 6.17. The molecule has 104 valence electrons. The van der Waals surface area contributed by atoms with E-state index in [-0.39, 0.29) is 5.54 Å². The van der Waals surface area contributed by atoms with Gasteiger partial charge in [0.1, 0.15) is 0 Å². The van der Waals surface area contributed by atoms with Crippen molar-refractivity contribution in [2.75, 3.05) is 39.9 Å². The second kappa shape index (κ2) is 5.08. The van der Waals surface area contributed by atoms with E-state index in [2.05, 4.69) is 9.80 Å². The molecule has 2 atom stereocenters. The lowest BCUT2D eigenvalue weighted by Crippen LogP contribution is -2.61. The van der Waals surface area contributed by atoms with Crippen molar-refractivity contribution in [1.82, 2.24) is 9.80 Å². The summed E-state index contributed by atoms with van der Waals surface area (Å²) >= 11 is 0. The quantitative estimate of drug-likeness (QED) is 0.755. The van der Waals surface area contributed by atoms with E-state index in [1.807, 2.05) is 0 Å². The molecule has 3 aliphatic rings. The van der Waals surface area contributed by atoms with Crippen LogP contribution in [0, 0.1) is 0 Å². The molecule has 4 nitrogen and oxygen atoms in total. The zero-order valence-corrected chi connectivity index (χ0v) is 11.6. The van der Waals surface area contributed by atoms with Crippen LogP contribution in [0.4, 0.5) is 0 Å². The van der Waals surface area contributed by atoms with Gasteiger partial charge in [-0.15, -0.1) is 0 Å². The van der Waals surface area contributed by atoms with E-state index in [4.69, 9.17) is 10.5 Å². The lowest BCUT2D eigenvalue weighted by atomic mass is 9.86. The van der Waals surface area contributed by atoms with Crippen LogP contribution in [-0.4, -0.2) is 67.3 Å². The highest BCUT2D eigenvalue weighted by Gasteiger charge is 2.54. The van der Waals surface area contributed by atoms with Crippen LogP contribution in [0.2, 0.25) is 0 Å². The highest BCUT2D eigenvalue weighted by Crippen LogP contribution is 2.44. The third-order valence-electron chi connectivity index (χ3n) is 5.27. The van der Waals surface area contributed by atoms with Gasteiger partial charge in [-0.25, -0.2) is 0 Å². The maximum atomic E-state index is 6.25. The molecule has 0 aromatic heterocycles. The van der Waals surface area contributed by atoms with E-state index < -0.39 is 0 Å². The van der Waals surface area contributed by atoms with Crippen LogP contribution in [0.1, 0.15) is 32.1 Å². The lowest BCUT2D eigenvalue weighted by molar-refractivity contribution is 0.0332. The van der Waals surface area contributed by atoms with Crippen molar-refractivity contribution in [1.29, 1.82) is 0 Å². The first kappa shape index (κ1) is 12.9. The van der Waals surface area contributed by atoms with Crippen LogP contribution in [0.25, 0.3) is 0 Å². The lowest BCUT2D eigenvalue weighted by Gasteiger charge is -2.45. The molecule has 0 amide bonds. The van der Waals surface area contributed by atoms with Crippen LogP contribution in [0.15, 0.2) is 0 Å². The van der Waals surface area contributed by atoms with Gasteiger partial charge in [0.15, 0.2) is 0 Å². The van der Waals surface area contributed by atoms with Gasteiger partial charge in [-0.3, -0.25) is 9.80 Å². The Morgan fingerprint density at radius 3 is 2.83 bits per heavy atom. The molecular formula is C14H27N3O. The van der Waals surface area contributed by atoms with Crippen LogP contribution >= 0.6 is 0 Å². The minimum Gasteiger partial charge on any atom is -0.383 e. The highest BCUT2D eigenvalue weighted by atomic mass is 16.5. The average molecular weight is 253 g/mol. The summed E-state index contributed by atoms with van der Waals surface area (Å²) in [4.78, 5) is 5.39. The Morgan fingerprint density at radius 1 is 1.33 bits per heavy atom. The number of methoxy groups -OCH3 is 1. The van der Waals surface area contributed by atoms with E-state index in [0.717, 1.165) is 25.7 Å². The number of hydrogen-bond acceptors (Lipinski definition) is 4. The topological polar surface area (TPSA) is 41.7 Å². The summed E-state index contributed by atoms with van der Waals surface area (Å²) in [6.07, 6.45) is 6.67. The summed E-state index contributed by atoms with van der Waals surface area (Å²) in [5.74, 6) is 0. The van der Waals surface area contributed by atoms with Gasteiger partial charge in [-0.1, -0.05) is 0 Å². The standard InChI is InChI=1S/C14H27N3O/c1-18-10-9-17(12-4-5-12)14(11-15)6-8-16-7-2-3-13(14)16/h12-13H,2-11,15H2,1H3. The molecule has 1 aliphatic carbocycles. The first-order valence-corrected chi connectivity index (χ1v) is 7.51. The number of nitrogens with two attached hydrogens (primary N) is 1. The molecule has 0 aromatic carbocycles. The Morgan fingerprint density at radius 2 is 2.17 bits per heavy atom. The van der Waals surface area contributed by atoms with E-state index in [9.17, 15) is 0 Å². The Labute approximate surface area is 110 Å². The third-order valence-corrected chi connectivity index (χ3v) is 5.27. The van der Waals surface area contributed by atoms with E-state index in [1.165, 1.54) is 45.2 Å². The molecule has 0 spiro atoms. The SMILES string of the molecule is COCCN(C1CC1)C1(CN)CCN2CCCC21. The predicted molar refractivity (Wildman–Crippen MR) is 72.6 cm³/mol. The normalized spacial score (nSPS) is 36.5. The summed E-state index contributed by atoms with van der Waals surface area (Å²) in [5.41, 5.74) is 6.50. The molecular weight excluding hydrogens is 226 g/mol. The number of rotatable bonds is 6. The minimum absolute atomic E-state index is 0.246. The first-order valence-electron chi connectivity index (χ1n) is 7.51. The first-order chi connectivity index (χ1) is 8.81. The zero-order valence-electron chi connectivity index (χ0n) is 11.6. The molecule has 1 saturated carbocycles. The molecule has 18 heavy (non-hydrogen) atoms. The number of nitrogens with zero attached hydrogens (tertiary/aromatic N) is 2. The fraction of sp³-hybridized carbons (Fsp3) is 1.00. The molecule has 2 aliphatic heterocycles. The van der Waals surface area contributed by atoms with Crippen molar-refractivity contribution in [2.45, 2.75) is 49.7 Å². The van der Waals surface area contributed by atoms with Crippen molar-refractivity contribution in [3.63, 3.8) is 0 Å². The van der Waals surface area contributed by atoms with Gasteiger partial charge in [0.25, 0.3) is 0 Å². The van der Waals surface area contributed by atoms with Gasteiger partial charge in [-0.2, -0.15) is 0 Å². The number of fused-ring (bicyclic) bond motifs is 1. The Balaban J connectivity index is 1.79. The molecule has 0 radical (unpaired) electrons. The molecule has 0 bridgehead atoms. The summed E-state index contributed by atoms with van der Waals surface area (Å²) in [5, 5.41) is 0. The molecule has 2 saturated heterocycles. The largest absolute Gasteiger partial charge is 0.383 e. The van der Waals surface area contributed by atoms with Gasteiger partial charge in [0.2, 0.25) is 0 Å². The molecule has 2 N–H and O–H groups in total. The molecule has 3 fully saturated rings. The summed E-state index contributed by atoms with van der Waals surface area (Å²) in [6.45, 7) is 5.25. The monoisotopic (exact) mass is 253 g/mol. The van der Waals surface area contributed by atoms with E-state index in [0.29, 0.717) is 6.04 Å². The average Bonchev–Trinajstić information content (AvgIpc) is 3.00. The summed E-state index contributed by atoms with van der Waals surface area (Å²) in [7, 11) is 1.80. The van der Waals surface area contributed by atoms with Gasteiger partial charge >= 0.3 is 0 Å². The van der Waals surface area contributed by atoms with E-state index >= 15 is 0 Å². The fourth-order valence-electron chi connectivity index (χ4n) is 4.24. The van der Waals surface area contributed by atoms with Crippen LogP contribution in [0.3, 0.4) is 0 Å². The smallest absolute Gasteiger partial charge is 0.0590 e. The third kappa shape index (κ3) is 1.99. The Bertz CT molecular complexity index is 295. The van der Waals surface area contributed by atoms with Gasteiger partial charge < -0.3 is 10.5 Å². The summed E-state index contributed by atoms with van der Waals surface area (Å²) < 4.78 is 5.31. The molecule has 4 heteroatoms. The number of hydrogen-bond donors (Lipinski definition) is 1. The molecule has 3 rings (SSSR count). The maximum absolute atomic E-state index is 6.25. The van der Waals surface area contributed by atoms with Crippen LogP contribution in [0.5, 0.6) is 0 Å². The number of ether oxygens (including phenoxy) is 1. The van der Waals surface area contributed by atoms with Gasteiger partial charge in [0.05, 0.1) is 12.1 Å². The van der Waals surface area contributed by atoms with Gasteiger partial charge in [0, 0.05) is 38.8 Å². The van der Waals surface area contributed by atoms with Crippen molar-refractivity contribution >= 4 is 0 Å². The van der Waals surface area contributed by atoms with Crippen molar-refractivity contribution < 1.29 is 4.74 Å². The molecule has 0 aromatic rings. The Hall–Kier alpha value is -0.160. The molecule has 2 heterocycles. The van der Waals surface area contributed by atoms with Crippen molar-refractivity contribution in [3.05, 3.63) is 0 Å². The predicted octanol–water partition coefficient (Wildman–Crippen LogP) is 0.663. The van der Waals surface area contributed by atoms with Crippen LogP contribution in [-0.2, 0) is 4.74 Å². The van der Waals surface area contributed by atoms with Crippen molar-refractivity contribution in [3.8, 4) is 0 Å². The second-order valence-corrected chi connectivity index (χ2v) is 6.17. The molecule has 2 unspecified atom stereocenters. The van der Waals surface area contributed by atoms with Crippen molar-refractivity contribution in [2.24, 2.45) is 5.73 Å².